The van der Waals surface area contributed by atoms with E-state index in [9.17, 15) is 31.1 Å². The van der Waals surface area contributed by atoms with Crippen molar-refractivity contribution in [3.8, 4) is 0 Å². The van der Waals surface area contributed by atoms with Crippen LogP contribution in [-0.4, -0.2) is 49.8 Å². The summed E-state index contributed by atoms with van der Waals surface area (Å²) in [5, 5.41) is 2.75. The number of ether oxygens (including phenoxy) is 1. The highest BCUT2D eigenvalue weighted by Gasteiger charge is 2.43. The molecule has 4 nitrogen and oxygen atoms in total. The molecule has 3 atom stereocenters. The molecule has 1 amide bonds. The van der Waals surface area contributed by atoms with E-state index in [-0.39, 0.29) is 19.4 Å². The Balaban J connectivity index is 1.68. The standard InChI is InChI=1S/C21H26F6N2O2/c22-20(23,24)16-6-4-14(5-7-16)18(29-8-10-31-11-9-29)13-28-19(30)15-2-1-3-17(12-15)21(25,26)27/h4-7,15,17-18H,1-3,8-13H2,(H,28,30). The number of alkyl halides is 6. The quantitative estimate of drug-likeness (QED) is 0.666. The molecule has 10 heteroatoms. The number of amides is 1. The molecule has 0 bridgehead atoms. The van der Waals surface area contributed by atoms with Crippen LogP contribution in [0.5, 0.6) is 0 Å². The summed E-state index contributed by atoms with van der Waals surface area (Å²) in [6, 6.07) is 4.38. The molecule has 174 valence electrons. The summed E-state index contributed by atoms with van der Waals surface area (Å²) < 4.78 is 83.1. The van der Waals surface area contributed by atoms with Gasteiger partial charge in [-0.25, -0.2) is 0 Å². The van der Waals surface area contributed by atoms with E-state index in [0.717, 1.165) is 12.1 Å². The van der Waals surface area contributed by atoms with Crippen molar-refractivity contribution in [3.05, 3.63) is 35.4 Å². The van der Waals surface area contributed by atoms with Crippen LogP contribution < -0.4 is 5.32 Å². The third-order valence-corrected chi connectivity index (χ3v) is 6.09. The molecule has 1 aromatic rings. The van der Waals surface area contributed by atoms with Crippen LogP contribution in [0.1, 0.15) is 42.9 Å². The lowest BCUT2D eigenvalue weighted by atomic mass is 9.80. The zero-order valence-corrected chi connectivity index (χ0v) is 16.9. The van der Waals surface area contributed by atoms with Gasteiger partial charge in [-0.05, 0) is 37.0 Å². The Labute approximate surface area is 176 Å². The summed E-state index contributed by atoms with van der Waals surface area (Å²) in [5.74, 6) is -2.61. The van der Waals surface area contributed by atoms with E-state index < -0.39 is 41.7 Å². The van der Waals surface area contributed by atoms with Gasteiger partial charge in [0.2, 0.25) is 5.91 Å². The number of halogens is 6. The van der Waals surface area contributed by atoms with Gasteiger partial charge in [0, 0.05) is 25.6 Å². The molecule has 1 aromatic carbocycles. The minimum absolute atomic E-state index is 0.0369. The predicted octanol–water partition coefficient (Wildman–Crippen LogP) is 4.56. The van der Waals surface area contributed by atoms with Crippen LogP contribution in [0.25, 0.3) is 0 Å². The number of carbonyl (C=O) groups excluding carboxylic acids is 1. The second-order valence-corrected chi connectivity index (χ2v) is 8.13. The summed E-state index contributed by atoms with van der Waals surface area (Å²) in [6.07, 6.45) is -8.20. The summed E-state index contributed by atoms with van der Waals surface area (Å²) in [4.78, 5) is 14.6. The lowest BCUT2D eigenvalue weighted by Crippen LogP contribution is -2.45. The fourth-order valence-corrected chi connectivity index (χ4v) is 4.31. The topological polar surface area (TPSA) is 41.6 Å². The second-order valence-electron chi connectivity index (χ2n) is 8.13. The zero-order chi connectivity index (χ0) is 22.6. The summed E-state index contributed by atoms with van der Waals surface area (Å²) in [6.45, 7) is 2.11. The highest BCUT2D eigenvalue weighted by atomic mass is 19.4. The molecule has 1 aliphatic carbocycles. The van der Waals surface area contributed by atoms with Gasteiger partial charge in [0.15, 0.2) is 0 Å². The van der Waals surface area contributed by atoms with Gasteiger partial charge in [-0.2, -0.15) is 26.3 Å². The Hall–Kier alpha value is -1.81. The van der Waals surface area contributed by atoms with Gasteiger partial charge in [-0.1, -0.05) is 18.6 Å². The summed E-state index contributed by atoms with van der Waals surface area (Å²) in [7, 11) is 0. The molecule has 1 heterocycles. The Kier molecular flexibility index (Phi) is 7.51. The number of benzene rings is 1. The second kappa shape index (κ2) is 9.77. The first-order chi connectivity index (χ1) is 14.6. The molecular weight excluding hydrogens is 426 g/mol. The van der Waals surface area contributed by atoms with Gasteiger partial charge in [0.1, 0.15) is 0 Å². The normalized spacial score (nSPS) is 24.6. The lowest BCUT2D eigenvalue weighted by molar-refractivity contribution is -0.186. The number of rotatable bonds is 5. The van der Waals surface area contributed by atoms with Crippen molar-refractivity contribution in [2.24, 2.45) is 11.8 Å². The Morgan fingerprint density at radius 2 is 1.71 bits per heavy atom. The molecule has 3 rings (SSSR count). The van der Waals surface area contributed by atoms with Gasteiger partial charge in [-0.3, -0.25) is 9.69 Å². The van der Waals surface area contributed by atoms with E-state index in [1.54, 1.807) is 0 Å². The van der Waals surface area contributed by atoms with Gasteiger partial charge in [-0.15, -0.1) is 0 Å². The number of morpholine rings is 1. The van der Waals surface area contributed by atoms with Crippen LogP contribution in [0.3, 0.4) is 0 Å². The first-order valence-electron chi connectivity index (χ1n) is 10.4. The Morgan fingerprint density at radius 1 is 1.06 bits per heavy atom. The van der Waals surface area contributed by atoms with Crippen LogP contribution in [-0.2, 0) is 15.7 Å². The van der Waals surface area contributed by atoms with Crippen molar-refractivity contribution in [1.82, 2.24) is 10.2 Å². The molecule has 0 aromatic heterocycles. The molecule has 1 saturated heterocycles. The maximum Gasteiger partial charge on any atom is 0.416 e. The molecule has 0 spiro atoms. The summed E-state index contributed by atoms with van der Waals surface area (Å²) in [5.41, 5.74) is -0.159. The SMILES string of the molecule is O=C(NCC(c1ccc(C(F)(F)F)cc1)N1CCOCC1)C1CCCC(C(F)(F)F)C1. The monoisotopic (exact) mass is 452 g/mol. The minimum atomic E-state index is -4.45. The molecule has 3 unspecified atom stereocenters. The van der Waals surface area contributed by atoms with Crippen LogP contribution in [0.2, 0.25) is 0 Å². The molecular formula is C21H26F6N2O2. The van der Waals surface area contributed by atoms with Crippen LogP contribution >= 0.6 is 0 Å². The van der Waals surface area contributed by atoms with Crippen molar-refractivity contribution >= 4 is 5.91 Å². The van der Waals surface area contributed by atoms with Crippen LogP contribution in [0.15, 0.2) is 24.3 Å². The molecule has 1 N–H and O–H groups in total. The van der Waals surface area contributed by atoms with E-state index in [1.165, 1.54) is 12.1 Å². The van der Waals surface area contributed by atoms with Gasteiger partial charge in [0.25, 0.3) is 0 Å². The van der Waals surface area contributed by atoms with E-state index >= 15 is 0 Å². The van der Waals surface area contributed by atoms with E-state index in [1.807, 2.05) is 4.90 Å². The van der Waals surface area contributed by atoms with Gasteiger partial charge in [0.05, 0.1) is 30.7 Å². The number of carbonyl (C=O) groups is 1. The van der Waals surface area contributed by atoms with Crippen molar-refractivity contribution in [3.63, 3.8) is 0 Å². The van der Waals surface area contributed by atoms with Crippen molar-refractivity contribution in [2.45, 2.75) is 44.1 Å². The average Bonchev–Trinajstić information content (AvgIpc) is 2.74. The highest BCUT2D eigenvalue weighted by molar-refractivity contribution is 5.78. The fraction of sp³-hybridized carbons (Fsp3) is 0.667. The number of nitrogens with one attached hydrogen (secondary N) is 1. The van der Waals surface area contributed by atoms with Crippen molar-refractivity contribution < 1.29 is 35.9 Å². The van der Waals surface area contributed by atoms with Gasteiger partial charge < -0.3 is 10.1 Å². The largest absolute Gasteiger partial charge is 0.416 e. The molecule has 0 radical (unpaired) electrons. The molecule has 1 saturated carbocycles. The van der Waals surface area contributed by atoms with E-state index in [0.29, 0.717) is 44.7 Å². The first kappa shape index (κ1) is 23.8. The Morgan fingerprint density at radius 3 is 2.29 bits per heavy atom. The number of hydrogen-bond donors (Lipinski definition) is 1. The minimum Gasteiger partial charge on any atom is -0.379 e. The van der Waals surface area contributed by atoms with Crippen molar-refractivity contribution in [1.29, 1.82) is 0 Å². The summed E-state index contributed by atoms with van der Waals surface area (Å²) >= 11 is 0. The first-order valence-corrected chi connectivity index (χ1v) is 10.4. The average molecular weight is 452 g/mol. The Bertz CT molecular complexity index is 729. The van der Waals surface area contributed by atoms with Crippen molar-refractivity contribution in [2.75, 3.05) is 32.8 Å². The molecule has 2 fully saturated rings. The third kappa shape index (κ3) is 6.35. The van der Waals surface area contributed by atoms with Crippen LogP contribution in [0.4, 0.5) is 26.3 Å². The van der Waals surface area contributed by atoms with Gasteiger partial charge >= 0.3 is 12.4 Å². The highest BCUT2D eigenvalue weighted by Crippen LogP contribution is 2.40. The van der Waals surface area contributed by atoms with E-state index in [2.05, 4.69) is 5.32 Å². The van der Waals surface area contributed by atoms with E-state index in [4.69, 9.17) is 4.74 Å². The maximum atomic E-state index is 13.0. The number of nitrogens with zero attached hydrogens (tertiary/aromatic N) is 1. The molecule has 1 aliphatic heterocycles. The fourth-order valence-electron chi connectivity index (χ4n) is 4.31. The zero-order valence-electron chi connectivity index (χ0n) is 16.9. The smallest absolute Gasteiger partial charge is 0.379 e. The number of hydrogen-bond acceptors (Lipinski definition) is 3. The predicted molar refractivity (Wildman–Crippen MR) is 101 cm³/mol. The maximum absolute atomic E-state index is 13.0. The third-order valence-electron chi connectivity index (χ3n) is 6.09. The molecule has 31 heavy (non-hydrogen) atoms. The molecule has 2 aliphatic rings. The van der Waals surface area contributed by atoms with Crippen LogP contribution in [0, 0.1) is 11.8 Å². The lowest BCUT2D eigenvalue weighted by Gasteiger charge is -2.35.